The van der Waals surface area contributed by atoms with Crippen molar-refractivity contribution in [3.63, 3.8) is 0 Å². The number of carbonyl (C=O) groups is 2. The number of halogens is 3. The van der Waals surface area contributed by atoms with E-state index >= 15 is 0 Å². The lowest BCUT2D eigenvalue weighted by molar-refractivity contribution is -0.141. The van der Waals surface area contributed by atoms with Crippen molar-refractivity contribution in [2.45, 2.75) is 52.4 Å². The van der Waals surface area contributed by atoms with Crippen molar-refractivity contribution in [1.82, 2.24) is 9.47 Å². The largest absolute Gasteiger partial charge is 0.406 e. The second-order valence-corrected chi connectivity index (χ2v) is 6.47. The number of nitrogens with two attached hydrogens (primary N) is 1. The van der Waals surface area contributed by atoms with Crippen molar-refractivity contribution in [2.24, 2.45) is 11.7 Å². The number of hydrogen-bond donors (Lipinski definition) is 1. The molecule has 2 N–H and O–H groups in total. The highest BCUT2D eigenvalue weighted by atomic mass is 19.4. The molecule has 0 spiro atoms. The standard InChI is InChI=1S/C16H22F3N3O2/c1-9-4-5-12(14(20)23)7-21(9)15(24)13-6-10(2)22(11(13)3)8-16(17,18)19/h6,9,12H,4-5,7-8H2,1-3H3,(H2,20,23)/t9-,12+/m1/s1. The van der Waals surface area contributed by atoms with Gasteiger partial charge in [0, 0.05) is 24.0 Å². The van der Waals surface area contributed by atoms with E-state index in [2.05, 4.69) is 0 Å². The highest BCUT2D eigenvalue weighted by Crippen LogP contribution is 2.27. The predicted molar refractivity (Wildman–Crippen MR) is 82.4 cm³/mol. The molecule has 2 rings (SSSR count). The minimum Gasteiger partial charge on any atom is -0.369 e. The van der Waals surface area contributed by atoms with Crippen LogP contribution < -0.4 is 5.73 Å². The van der Waals surface area contributed by atoms with E-state index in [1.54, 1.807) is 11.8 Å². The smallest absolute Gasteiger partial charge is 0.369 e. The predicted octanol–water partition coefficient (Wildman–Crippen LogP) is 2.39. The van der Waals surface area contributed by atoms with E-state index in [-0.39, 0.29) is 29.8 Å². The Balaban J connectivity index is 2.29. The van der Waals surface area contributed by atoms with Gasteiger partial charge in [-0.1, -0.05) is 0 Å². The number of amides is 2. The maximum absolute atomic E-state index is 12.8. The van der Waals surface area contributed by atoms with E-state index in [1.165, 1.54) is 13.0 Å². The first-order valence-corrected chi connectivity index (χ1v) is 7.85. The number of hydrogen-bond acceptors (Lipinski definition) is 2. The molecule has 1 aliphatic heterocycles. The monoisotopic (exact) mass is 345 g/mol. The molecule has 0 aliphatic carbocycles. The van der Waals surface area contributed by atoms with Gasteiger partial charge < -0.3 is 15.2 Å². The van der Waals surface area contributed by atoms with Crippen LogP contribution in [0, 0.1) is 19.8 Å². The van der Waals surface area contributed by atoms with Crippen LogP contribution >= 0.6 is 0 Å². The Morgan fingerprint density at radius 2 is 1.92 bits per heavy atom. The van der Waals surface area contributed by atoms with Crippen molar-refractivity contribution in [2.75, 3.05) is 6.54 Å². The molecule has 1 aromatic rings. The molecule has 1 aliphatic rings. The average Bonchev–Trinajstić information content (AvgIpc) is 2.73. The summed E-state index contributed by atoms with van der Waals surface area (Å²) in [5.41, 5.74) is 6.24. The van der Waals surface area contributed by atoms with Crippen molar-refractivity contribution in [3.05, 3.63) is 23.0 Å². The highest BCUT2D eigenvalue weighted by Gasteiger charge is 2.35. The maximum atomic E-state index is 12.8. The van der Waals surface area contributed by atoms with Crippen molar-refractivity contribution < 1.29 is 22.8 Å². The van der Waals surface area contributed by atoms with Gasteiger partial charge in [-0.15, -0.1) is 0 Å². The number of aromatic nitrogens is 1. The molecule has 0 aromatic carbocycles. The minimum atomic E-state index is -4.36. The number of carbonyl (C=O) groups excluding carboxylic acids is 2. The first-order chi connectivity index (χ1) is 11.0. The zero-order valence-corrected chi connectivity index (χ0v) is 14.0. The first-order valence-electron chi connectivity index (χ1n) is 7.85. The van der Waals surface area contributed by atoms with Gasteiger partial charge in [0.25, 0.3) is 5.91 Å². The zero-order valence-electron chi connectivity index (χ0n) is 14.0. The zero-order chi connectivity index (χ0) is 18.2. The summed E-state index contributed by atoms with van der Waals surface area (Å²) in [7, 11) is 0. The Kier molecular flexibility index (Phi) is 4.96. The molecule has 1 saturated heterocycles. The number of piperidine rings is 1. The quantitative estimate of drug-likeness (QED) is 0.914. The summed E-state index contributed by atoms with van der Waals surface area (Å²) in [6.45, 7) is 3.99. The number of likely N-dealkylation sites (tertiary alicyclic amines) is 1. The van der Waals surface area contributed by atoms with Crippen molar-refractivity contribution in [1.29, 1.82) is 0 Å². The third-order valence-corrected chi connectivity index (χ3v) is 4.69. The van der Waals surface area contributed by atoms with Gasteiger partial charge in [0.15, 0.2) is 0 Å². The summed E-state index contributed by atoms with van der Waals surface area (Å²) in [5, 5.41) is 0. The normalized spacial score (nSPS) is 21.8. The van der Waals surface area contributed by atoms with Crippen LogP contribution in [0.3, 0.4) is 0 Å². The van der Waals surface area contributed by atoms with E-state index in [0.29, 0.717) is 18.5 Å². The van der Waals surface area contributed by atoms with Gasteiger partial charge in [-0.05, 0) is 39.7 Å². The number of alkyl halides is 3. The molecule has 2 amide bonds. The van der Waals surface area contributed by atoms with E-state index in [4.69, 9.17) is 5.73 Å². The molecule has 1 aromatic heterocycles. The fourth-order valence-electron chi connectivity index (χ4n) is 3.22. The summed E-state index contributed by atoms with van der Waals surface area (Å²) in [5.74, 6) is -1.22. The Hall–Kier alpha value is -1.99. The van der Waals surface area contributed by atoms with Gasteiger partial charge in [0.2, 0.25) is 5.91 Å². The highest BCUT2D eigenvalue weighted by molar-refractivity contribution is 5.96. The Morgan fingerprint density at radius 3 is 2.46 bits per heavy atom. The summed E-state index contributed by atoms with van der Waals surface area (Å²) in [6.07, 6.45) is -3.10. The molecule has 2 heterocycles. The maximum Gasteiger partial charge on any atom is 0.406 e. The molecule has 0 unspecified atom stereocenters. The third kappa shape index (κ3) is 3.73. The lowest BCUT2D eigenvalue weighted by atomic mass is 9.92. The molecular weight excluding hydrogens is 323 g/mol. The molecule has 134 valence electrons. The molecule has 8 heteroatoms. The van der Waals surface area contributed by atoms with Crippen LogP contribution in [-0.4, -0.2) is 40.0 Å². The Morgan fingerprint density at radius 1 is 1.29 bits per heavy atom. The molecule has 2 atom stereocenters. The third-order valence-electron chi connectivity index (χ3n) is 4.69. The van der Waals surface area contributed by atoms with Gasteiger partial charge in [0.1, 0.15) is 6.54 Å². The van der Waals surface area contributed by atoms with Gasteiger partial charge in [-0.3, -0.25) is 9.59 Å². The van der Waals surface area contributed by atoms with Crippen LogP contribution in [0.4, 0.5) is 13.2 Å². The minimum absolute atomic E-state index is 0.0845. The van der Waals surface area contributed by atoms with Crippen LogP contribution in [0.15, 0.2) is 6.07 Å². The summed E-state index contributed by atoms with van der Waals surface area (Å²) >= 11 is 0. The van der Waals surface area contributed by atoms with E-state index in [0.717, 1.165) is 4.57 Å². The molecule has 5 nitrogen and oxygen atoms in total. The molecule has 1 fully saturated rings. The molecular formula is C16H22F3N3O2. The SMILES string of the molecule is Cc1cc(C(=O)N2C[C@@H](C(N)=O)CC[C@H]2C)c(C)n1CC(F)(F)F. The fourth-order valence-corrected chi connectivity index (χ4v) is 3.22. The van der Waals surface area contributed by atoms with Crippen LogP contribution in [-0.2, 0) is 11.3 Å². The van der Waals surface area contributed by atoms with Crippen LogP contribution in [0.25, 0.3) is 0 Å². The number of nitrogens with zero attached hydrogens (tertiary/aromatic N) is 2. The second kappa shape index (κ2) is 6.49. The van der Waals surface area contributed by atoms with Gasteiger partial charge in [-0.2, -0.15) is 13.2 Å². The van der Waals surface area contributed by atoms with Crippen molar-refractivity contribution >= 4 is 11.8 Å². The number of aryl methyl sites for hydroxylation is 1. The first kappa shape index (κ1) is 18.4. The molecule has 0 bridgehead atoms. The van der Waals surface area contributed by atoms with Crippen LogP contribution in [0.2, 0.25) is 0 Å². The summed E-state index contributed by atoms with van der Waals surface area (Å²) in [4.78, 5) is 25.8. The Bertz CT molecular complexity index is 652. The molecule has 0 saturated carbocycles. The Labute approximate surface area is 138 Å². The topological polar surface area (TPSA) is 68.3 Å². The lowest BCUT2D eigenvalue weighted by Gasteiger charge is -2.37. The van der Waals surface area contributed by atoms with E-state index in [9.17, 15) is 22.8 Å². The molecule has 0 radical (unpaired) electrons. The fraction of sp³-hybridized carbons (Fsp3) is 0.625. The van der Waals surface area contributed by atoms with Gasteiger partial charge in [0.05, 0.1) is 11.5 Å². The van der Waals surface area contributed by atoms with Crippen molar-refractivity contribution in [3.8, 4) is 0 Å². The summed E-state index contributed by atoms with van der Waals surface area (Å²) in [6, 6.07) is 1.39. The lowest BCUT2D eigenvalue weighted by Crippen LogP contribution is -2.48. The van der Waals surface area contributed by atoms with E-state index in [1.807, 2.05) is 6.92 Å². The van der Waals surface area contributed by atoms with E-state index < -0.39 is 24.5 Å². The van der Waals surface area contributed by atoms with Gasteiger partial charge >= 0.3 is 6.18 Å². The van der Waals surface area contributed by atoms with Gasteiger partial charge in [-0.25, -0.2) is 0 Å². The van der Waals surface area contributed by atoms with Crippen LogP contribution in [0.5, 0.6) is 0 Å². The average molecular weight is 345 g/mol. The second-order valence-electron chi connectivity index (χ2n) is 6.47. The number of primary amides is 1. The number of rotatable bonds is 3. The summed E-state index contributed by atoms with van der Waals surface area (Å²) < 4.78 is 39.2. The van der Waals surface area contributed by atoms with Crippen LogP contribution in [0.1, 0.15) is 41.5 Å². The molecule has 24 heavy (non-hydrogen) atoms.